The van der Waals surface area contributed by atoms with Crippen molar-refractivity contribution in [3.63, 3.8) is 0 Å². The first-order valence-corrected chi connectivity index (χ1v) is 6.19. The quantitative estimate of drug-likeness (QED) is 0.781. The summed E-state index contributed by atoms with van der Waals surface area (Å²) in [6, 6.07) is 0.678. The summed E-state index contributed by atoms with van der Waals surface area (Å²) >= 11 is 0. The third-order valence-electron chi connectivity index (χ3n) is 3.91. The van der Waals surface area contributed by atoms with Crippen LogP contribution in [0.5, 0.6) is 0 Å². The minimum absolute atomic E-state index is 0.642. The molecular formula is C12H18N4. The Morgan fingerprint density at radius 1 is 1.12 bits per heavy atom. The molecule has 2 aliphatic rings. The van der Waals surface area contributed by atoms with Gasteiger partial charge in [-0.05, 0) is 31.6 Å². The van der Waals surface area contributed by atoms with Crippen molar-refractivity contribution in [3.05, 3.63) is 12.4 Å². The number of rotatable bonds is 1. The number of nitrogen functional groups attached to an aromatic ring is 1. The van der Waals surface area contributed by atoms with Crippen LogP contribution in [0.1, 0.15) is 32.1 Å². The maximum Gasteiger partial charge on any atom is 0.225 e. The van der Waals surface area contributed by atoms with Gasteiger partial charge in [-0.25, -0.2) is 9.97 Å². The number of piperidine rings is 1. The van der Waals surface area contributed by atoms with E-state index in [-0.39, 0.29) is 0 Å². The summed E-state index contributed by atoms with van der Waals surface area (Å²) in [4.78, 5) is 11.1. The highest BCUT2D eigenvalue weighted by molar-refractivity contribution is 5.39. The van der Waals surface area contributed by atoms with Crippen LogP contribution in [-0.2, 0) is 0 Å². The van der Waals surface area contributed by atoms with Gasteiger partial charge in [0.2, 0.25) is 5.95 Å². The molecule has 2 unspecified atom stereocenters. The fraction of sp³-hybridized carbons (Fsp3) is 0.667. The van der Waals surface area contributed by atoms with Gasteiger partial charge in [-0.2, -0.15) is 0 Å². The normalized spacial score (nSPS) is 29.1. The van der Waals surface area contributed by atoms with Gasteiger partial charge in [0.1, 0.15) is 0 Å². The zero-order valence-corrected chi connectivity index (χ0v) is 9.47. The highest BCUT2D eigenvalue weighted by Crippen LogP contribution is 2.37. The average molecular weight is 218 g/mol. The standard InChI is InChI=1S/C12H18N4/c13-10-7-14-12(15-8-10)16-6-2-4-9-3-1-5-11(9)16/h7-9,11H,1-6,13H2. The van der Waals surface area contributed by atoms with Crippen molar-refractivity contribution in [2.75, 3.05) is 17.2 Å². The molecule has 0 radical (unpaired) electrons. The number of nitrogens with zero attached hydrogens (tertiary/aromatic N) is 3. The molecule has 0 amide bonds. The SMILES string of the molecule is Nc1cnc(N2CCCC3CCCC32)nc1. The minimum Gasteiger partial charge on any atom is -0.396 e. The van der Waals surface area contributed by atoms with Gasteiger partial charge < -0.3 is 10.6 Å². The lowest BCUT2D eigenvalue weighted by atomic mass is 9.92. The van der Waals surface area contributed by atoms with E-state index in [4.69, 9.17) is 5.73 Å². The number of anilines is 2. The van der Waals surface area contributed by atoms with E-state index in [1.165, 1.54) is 32.1 Å². The van der Waals surface area contributed by atoms with Crippen molar-refractivity contribution in [2.45, 2.75) is 38.1 Å². The first-order chi connectivity index (χ1) is 7.84. The number of hydrogen-bond acceptors (Lipinski definition) is 4. The number of nitrogens with two attached hydrogens (primary N) is 1. The van der Waals surface area contributed by atoms with Gasteiger partial charge >= 0.3 is 0 Å². The summed E-state index contributed by atoms with van der Waals surface area (Å²) in [5.41, 5.74) is 6.26. The number of fused-ring (bicyclic) bond motifs is 1. The molecule has 0 aromatic carbocycles. The molecule has 0 bridgehead atoms. The van der Waals surface area contributed by atoms with E-state index >= 15 is 0 Å². The van der Waals surface area contributed by atoms with Crippen molar-refractivity contribution in [1.82, 2.24) is 9.97 Å². The van der Waals surface area contributed by atoms with Gasteiger partial charge in [-0.15, -0.1) is 0 Å². The first-order valence-electron chi connectivity index (χ1n) is 6.19. The molecule has 86 valence electrons. The lowest BCUT2D eigenvalue weighted by molar-refractivity contribution is 0.358. The van der Waals surface area contributed by atoms with Gasteiger partial charge in [0.15, 0.2) is 0 Å². The molecule has 2 N–H and O–H groups in total. The lowest BCUT2D eigenvalue weighted by Gasteiger charge is -2.37. The van der Waals surface area contributed by atoms with Gasteiger partial charge in [0.25, 0.3) is 0 Å². The molecular weight excluding hydrogens is 200 g/mol. The predicted octanol–water partition coefficient (Wildman–Crippen LogP) is 1.83. The van der Waals surface area contributed by atoms with Crippen molar-refractivity contribution in [1.29, 1.82) is 0 Å². The van der Waals surface area contributed by atoms with Crippen LogP contribution in [0.3, 0.4) is 0 Å². The van der Waals surface area contributed by atoms with E-state index in [1.807, 2.05) is 0 Å². The second-order valence-electron chi connectivity index (χ2n) is 4.91. The second-order valence-corrected chi connectivity index (χ2v) is 4.91. The van der Waals surface area contributed by atoms with Crippen LogP contribution in [0.4, 0.5) is 11.6 Å². The summed E-state index contributed by atoms with van der Waals surface area (Å²) in [5.74, 6) is 1.74. The Kier molecular flexibility index (Phi) is 2.42. The molecule has 1 saturated carbocycles. The van der Waals surface area contributed by atoms with Crippen molar-refractivity contribution < 1.29 is 0 Å². The molecule has 1 aliphatic carbocycles. The van der Waals surface area contributed by atoms with Crippen LogP contribution in [-0.4, -0.2) is 22.6 Å². The molecule has 1 saturated heterocycles. The summed E-state index contributed by atoms with van der Waals surface area (Å²) in [6.45, 7) is 1.10. The molecule has 2 atom stereocenters. The van der Waals surface area contributed by atoms with Crippen molar-refractivity contribution in [3.8, 4) is 0 Å². The molecule has 2 fully saturated rings. The van der Waals surface area contributed by atoms with Gasteiger partial charge in [-0.3, -0.25) is 0 Å². The van der Waals surface area contributed by atoms with E-state index in [0.717, 1.165) is 18.4 Å². The van der Waals surface area contributed by atoms with Crippen molar-refractivity contribution in [2.24, 2.45) is 5.92 Å². The Balaban J connectivity index is 1.85. The fourth-order valence-corrected chi connectivity index (χ4v) is 3.18. The molecule has 3 rings (SSSR count). The molecule has 4 nitrogen and oxygen atoms in total. The van der Waals surface area contributed by atoms with Crippen LogP contribution in [0.15, 0.2) is 12.4 Å². The molecule has 4 heteroatoms. The predicted molar refractivity (Wildman–Crippen MR) is 64.2 cm³/mol. The van der Waals surface area contributed by atoms with Gasteiger partial charge in [0, 0.05) is 12.6 Å². The molecule has 2 heterocycles. The van der Waals surface area contributed by atoms with Crippen molar-refractivity contribution >= 4 is 11.6 Å². The van der Waals surface area contributed by atoms with E-state index in [0.29, 0.717) is 11.7 Å². The third kappa shape index (κ3) is 1.62. The average Bonchev–Trinajstić information content (AvgIpc) is 2.78. The Morgan fingerprint density at radius 2 is 1.88 bits per heavy atom. The van der Waals surface area contributed by atoms with E-state index < -0.39 is 0 Å². The first kappa shape index (κ1) is 9.87. The second kappa shape index (κ2) is 3.92. The smallest absolute Gasteiger partial charge is 0.225 e. The van der Waals surface area contributed by atoms with E-state index in [2.05, 4.69) is 14.9 Å². The highest BCUT2D eigenvalue weighted by atomic mass is 15.3. The third-order valence-corrected chi connectivity index (χ3v) is 3.91. The number of hydrogen-bond donors (Lipinski definition) is 1. The maximum atomic E-state index is 5.62. The van der Waals surface area contributed by atoms with Crippen LogP contribution in [0.2, 0.25) is 0 Å². The summed E-state index contributed by atoms with van der Waals surface area (Å²) < 4.78 is 0. The van der Waals surface area contributed by atoms with Crippen LogP contribution in [0, 0.1) is 5.92 Å². The molecule has 1 aromatic rings. The topological polar surface area (TPSA) is 55.0 Å². The van der Waals surface area contributed by atoms with E-state index in [9.17, 15) is 0 Å². The lowest BCUT2D eigenvalue weighted by Crippen LogP contribution is -2.43. The maximum absolute atomic E-state index is 5.62. The Labute approximate surface area is 95.9 Å². The molecule has 16 heavy (non-hydrogen) atoms. The zero-order valence-electron chi connectivity index (χ0n) is 9.47. The van der Waals surface area contributed by atoms with Crippen LogP contribution < -0.4 is 10.6 Å². The molecule has 0 spiro atoms. The monoisotopic (exact) mass is 218 g/mol. The van der Waals surface area contributed by atoms with Crippen LogP contribution in [0.25, 0.3) is 0 Å². The van der Waals surface area contributed by atoms with E-state index in [1.54, 1.807) is 12.4 Å². The minimum atomic E-state index is 0.642. The summed E-state index contributed by atoms with van der Waals surface area (Å²) in [5, 5.41) is 0. The number of aromatic nitrogens is 2. The zero-order chi connectivity index (χ0) is 11.0. The van der Waals surface area contributed by atoms with Gasteiger partial charge in [0.05, 0.1) is 18.1 Å². The van der Waals surface area contributed by atoms with Gasteiger partial charge in [-0.1, -0.05) is 6.42 Å². The summed E-state index contributed by atoms with van der Waals surface area (Å²) in [7, 11) is 0. The Bertz CT molecular complexity index is 362. The molecule has 1 aromatic heterocycles. The summed E-state index contributed by atoms with van der Waals surface area (Å²) in [6.07, 6.45) is 10.1. The Morgan fingerprint density at radius 3 is 2.69 bits per heavy atom. The Hall–Kier alpha value is -1.32. The largest absolute Gasteiger partial charge is 0.396 e. The van der Waals surface area contributed by atoms with Crippen LogP contribution >= 0.6 is 0 Å². The molecule has 1 aliphatic heterocycles. The fourth-order valence-electron chi connectivity index (χ4n) is 3.18. The highest BCUT2D eigenvalue weighted by Gasteiger charge is 2.35.